The topological polar surface area (TPSA) is 40.5 Å². The van der Waals surface area contributed by atoms with Crippen molar-refractivity contribution in [1.29, 1.82) is 0 Å². The van der Waals surface area contributed by atoms with Gasteiger partial charge < -0.3 is 5.11 Å². The van der Waals surface area contributed by atoms with Gasteiger partial charge in [0.15, 0.2) is 0 Å². The number of carbonyl (C=O) groups excluding carboxylic acids is 1. The summed E-state index contributed by atoms with van der Waals surface area (Å²) >= 11 is 0. The highest BCUT2D eigenvalue weighted by Gasteiger charge is 2.33. The van der Waals surface area contributed by atoms with Crippen LogP contribution >= 0.6 is 0 Å². The van der Waals surface area contributed by atoms with E-state index in [9.17, 15) is 9.90 Å². The SMILES string of the molecule is CC(C)C1CCC(=O)C(CN(C)C(C)(C)CO)C1. The molecule has 0 aliphatic heterocycles. The average Bonchev–Trinajstić information content (AvgIpc) is 2.31. The van der Waals surface area contributed by atoms with E-state index in [1.54, 1.807) is 0 Å². The Morgan fingerprint density at radius 1 is 1.44 bits per heavy atom. The number of rotatable bonds is 5. The molecule has 0 aromatic carbocycles. The van der Waals surface area contributed by atoms with Crippen LogP contribution < -0.4 is 0 Å². The number of Topliss-reactive ketones (excluding diaryl/α,β-unsaturated/α-hetero) is 1. The van der Waals surface area contributed by atoms with E-state index in [0.29, 0.717) is 17.6 Å². The molecule has 3 heteroatoms. The van der Waals surface area contributed by atoms with Gasteiger partial charge in [-0.1, -0.05) is 13.8 Å². The third-order valence-corrected chi connectivity index (χ3v) is 4.66. The maximum absolute atomic E-state index is 12.0. The maximum Gasteiger partial charge on any atom is 0.137 e. The number of hydrogen-bond acceptors (Lipinski definition) is 3. The molecule has 1 aliphatic rings. The summed E-state index contributed by atoms with van der Waals surface area (Å²) in [4.78, 5) is 14.1. The third kappa shape index (κ3) is 3.79. The molecule has 0 spiro atoms. The van der Waals surface area contributed by atoms with Crippen LogP contribution in [0.25, 0.3) is 0 Å². The van der Waals surface area contributed by atoms with Crippen molar-refractivity contribution >= 4 is 5.78 Å². The Morgan fingerprint density at radius 3 is 2.56 bits per heavy atom. The lowest BCUT2D eigenvalue weighted by Crippen LogP contribution is -2.48. The Morgan fingerprint density at radius 2 is 2.06 bits per heavy atom. The Hall–Kier alpha value is -0.410. The largest absolute Gasteiger partial charge is 0.394 e. The molecule has 1 rings (SSSR count). The van der Waals surface area contributed by atoms with Gasteiger partial charge in [0.25, 0.3) is 0 Å². The second-order valence-corrected chi connectivity index (χ2v) is 6.79. The van der Waals surface area contributed by atoms with Crippen molar-refractivity contribution in [3.05, 3.63) is 0 Å². The summed E-state index contributed by atoms with van der Waals surface area (Å²) in [7, 11) is 2.00. The summed E-state index contributed by atoms with van der Waals surface area (Å²) in [6.07, 6.45) is 2.81. The zero-order chi connectivity index (χ0) is 13.9. The Balaban J connectivity index is 2.61. The fraction of sp³-hybridized carbons (Fsp3) is 0.933. The molecule has 1 aliphatic carbocycles. The lowest BCUT2D eigenvalue weighted by Gasteiger charge is -2.38. The highest BCUT2D eigenvalue weighted by atomic mass is 16.3. The molecule has 1 saturated carbocycles. The van der Waals surface area contributed by atoms with Crippen molar-refractivity contribution in [2.45, 2.75) is 52.5 Å². The van der Waals surface area contributed by atoms with Gasteiger partial charge in [-0.05, 0) is 45.6 Å². The van der Waals surface area contributed by atoms with Crippen molar-refractivity contribution in [2.75, 3.05) is 20.2 Å². The molecule has 0 saturated heterocycles. The smallest absolute Gasteiger partial charge is 0.137 e. The van der Waals surface area contributed by atoms with Gasteiger partial charge in [-0.25, -0.2) is 0 Å². The minimum absolute atomic E-state index is 0.123. The molecule has 0 aromatic heterocycles. The molecule has 2 atom stereocenters. The van der Waals surface area contributed by atoms with Crippen molar-refractivity contribution in [3.63, 3.8) is 0 Å². The van der Waals surface area contributed by atoms with Crippen LogP contribution in [0.4, 0.5) is 0 Å². The number of ketones is 1. The summed E-state index contributed by atoms with van der Waals surface area (Å²) in [5.41, 5.74) is -0.245. The molecule has 18 heavy (non-hydrogen) atoms. The van der Waals surface area contributed by atoms with Crippen LogP contribution in [0.15, 0.2) is 0 Å². The van der Waals surface area contributed by atoms with E-state index in [1.165, 1.54) is 0 Å². The lowest BCUT2D eigenvalue weighted by molar-refractivity contribution is -0.127. The van der Waals surface area contributed by atoms with Gasteiger partial charge in [-0.15, -0.1) is 0 Å². The summed E-state index contributed by atoms with van der Waals surface area (Å²) in [6, 6.07) is 0. The van der Waals surface area contributed by atoms with Gasteiger partial charge in [0.2, 0.25) is 0 Å². The second kappa shape index (κ2) is 6.16. The van der Waals surface area contributed by atoms with Crippen LogP contribution in [0.1, 0.15) is 47.0 Å². The summed E-state index contributed by atoms with van der Waals surface area (Å²) < 4.78 is 0. The van der Waals surface area contributed by atoms with Crippen molar-refractivity contribution < 1.29 is 9.90 Å². The molecular formula is C15H29NO2. The molecule has 0 radical (unpaired) electrons. The fourth-order valence-corrected chi connectivity index (χ4v) is 2.63. The molecule has 3 nitrogen and oxygen atoms in total. The van der Waals surface area contributed by atoms with Crippen molar-refractivity contribution in [3.8, 4) is 0 Å². The predicted molar refractivity (Wildman–Crippen MR) is 74.5 cm³/mol. The zero-order valence-electron chi connectivity index (χ0n) is 12.6. The standard InChI is InChI=1S/C15H29NO2/c1-11(2)12-6-7-14(18)13(8-12)9-16(5)15(3,4)10-17/h11-13,17H,6-10H2,1-5H3. The van der Waals surface area contributed by atoms with E-state index < -0.39 is 0 Å². The van der Waals surface area contributed by atoms with E-state index in [1.807, 2.05) is 20.9 Å². The summed E-state index contributed by atoms with van der Waals surface area (Å²) in [5.74, 6) is 1.91. The Bertz CT molecular complexity index is 286. The quantitative estimate of drug-likeness (QED) is 0.819. The van der Waals surface area contributed by atoms with Gasteiger partial charge >= 0.3 is 0 Å². The monoisotopic (exact) mass is 255 g/mol. The first kappa shape index (κ1) is 15.6. The van der Waals surface area contributed by atoms with Crippen LogP contribution in [-0.2, 0) is 4.79 Å². The first-order chi connectivity index (χ1) is 8.27. The normalized spacial score (nSPS) is 26.1. The lowest BCUT2D eigenvalue weighted by atomic mass is 9.75. The maximum atomic E-state index is 12.0. The van der Waals surface area contributed by atoms with Crippen molar-refractivity contribution in [2.24, 2.45) is 17.8 Å². The van der Waals surface area contributed by atoms with E-state index in [-0.39, 0.29) is 18.1 Å². The minimum Gasteiger partial charge on any atom is -0.394 e. The average molecular weight is 255 g/mol. The third-order valence-electron chi connectivity index (χ3n) is 4.66. The fourth-order valence-electron chi connectivity index (χ4n) is 2.63. The van der Waals surface area contributed by atoms with Crippen LogP contribution in [0.3, 0.4) is 0 Å². The first-order valence-electron chi connectivity index (χ1n) is 7.12. The second-order valence-electron chi connectivity index (χ2n) is 6.79. The van der Waals surface area contributed by atoms with Gasteiger partial charge in [0.1, 0.15) is 5.78 Å². The molecule has 1 fully saturated rings. The van der Waals surface area contributed by atoms with E-state index in [0.717, 1.165) is 25.8 Å². The number of carbonyl (C=O) groups is 1. The summed E-state index contributed by atoms with van der Waals surface area (Å²) in [6.45, 7) is 9.42. The van der Waals surface area contributed by atoms with Gasteiger partial charge in [-0.3, -0.25) is 9.69 Å². The van der Waals surface area contributed by atoms with Gasteiger partial charge in [0, 0.05) is 24.4 Å². The van der Waals surface area contributed by atoms with E-state index in [2.05, 4.69) is 18.7 Å². The van der Waals surface area contributed by atoms with Crippen LogP contribution in [-0.4, -0.2) is 41.5 Å². The van der Waals surface area contributed by atoms with Crippen LogP contribution in [0, 0.1) is 17.8 Å². The number of aliphatic hydroxyl groups excluding tert-OH is 1. The molecule has 0 amide bonds. The number of aliphatic hydroxyl groups is 1. The van der Waals surface area contributed by atoms with E-state index in [4.69, 9.17) is 0 Å². The van der Waals surface area contributed by atoms with Crippen LogP contribution in [0.5, 0.6) is 0 Å². The van der Waals surface area contributed by atoms with Gasteiger partial charge in [-0.2, -0.15) is 0 Å². The molecule has 106 valence electrons. The number of nitrogens with zero attached hydrogens (tertiary/aromatic N) is 1. The Kier molecular flexibility index (Phi) is 5.35. The highest BCUT2D eigenvalue weighted by molar-refractivity contribution is 5.82. The first-order valence-corrected chi connectivity index (χ1v) is 7.12. The number of hydrogen-bond donors (Lipinski definition) is 1. The van der Waals surface area contributed by atoms with Crippen molar-refractivity contribution in [1.82, 2.24) is 4.90 Å². The molecule has 0 heterocycles. The molecule has 0 bridgehead atoms. The number of likely N-dealkylation sites (N-methyl/N-ethyl adjacent to an activating group) is 1. The Labute approximate surface area is 112 Å². The molecule has 2 unspecified atom stereocenters. The molecule has 1 N–H and O–H groups in total. The predicted octanol–water partition coefficient (Wildman–Crippen LogP) is 2.33. The minimum atomic E-state index is -0.245. The molecular weight excluding hydrogens is 226 g/mol. The zero-order valence-corrected chi connectivity index (χ0v) is 12.6. The van der Waals surface area contributed by atoms with Crippen LogP contribution in [0.2, 0.25) is 0 Å². The molecule has 0 aromatic rings. The van der Waals surface area contributed by atoms with E-state index >= 15 is 0 Å². The highest BCUT2D eigenvalue weighted by Crippen LogP contribution is 2.32. The summed E-state index contributed by atoms with van der Waals surface area (Å²) in [5, 5.41) is 9.37. The van der Waals surface area contributed by atoms with Gasteiger partial charge in [0.05, 0.1) is 6.61 Å².